The summed E-state index contributed by atoms with van der Waals surface area (Å²) in [5.74, 6) is 0.563. The summed E-state index contributed by atoms with van der Waals surface area (Å²) in [6.45, 7) is 7.84. The van der Waals surface area contributed by atoms with Crippen LogP contribution < -0.4 is 9.64 Å². The number of amides is 1. The minimum atomic E-state index is -4.44. The molecule has 0 saturated carbocycles. The van der Waals surface area contributed by atoms with Crippen molar-refractivity contribution < 1.29 is 27.4 Å². The topological polar surface area (TPSA) is 38.8 Å². The third kappa shape index (κ3) is 5.30. The maximum Gasteiger partial charge on any atom is 0.422 e. The number of benzene rings is 1. The van der Waals surface area contributed by atoms with Crippen molar-refractivity contribution in [3.63, 3.8) is 0 Å². The van der Waals surface area contributed by atoms with Gasteiger partial charge in [0, 0.05) is 12.1 Å². The summed E-state index contributed by atoms with van der Waals surface area (Å²) in [4.78, 5) is 13.5. The number of hydrogen-bond donors (Lipinski definition) is 0. The van der Waals surface area contributed by atoms with Crippen LogP contribution in [0, 0.1) is 12.1 Å². The summed E-state index contributed by atoms with van der Waals surface area (Å²) in [6, 6.07) is 15.8. The number of ether oxygens (including phenoxy) is 2. The highest BCUT2D eigenvalue weighted by Crippen LogP contribution is 2.55. The molecule has 0 bridgehead atoms. The van der Waals surface area contributed by atoms with Crippen molar-refractivity contribution in [1.82, 2.24) is 0 Å². The molecule has 2 heterocycles. The van der Waals surface area contributed by atoms with Gasteiger partial charge in [-0.25, -0.2) is 4.79 Å². The van der Waals surface area contributed by atoms with Gasteiger partial charge in [-0.1, -0.05) is 18.2 Å². The smallest absolute Gasteiger partial charge is 0.422 e. The van der Waals surface area contributed by atoms with Crippen LogP contribution in [0.15, 0.2) is 41.3 Å². The Morgan fingerprint density at radius 3 is 2.65 bits per heavy atom. The van der Waals surface area contributed by atoms with Crippen molar-refractivity contribution >= 4 is 29.1 Å². The molecule has 0 saturated heterocycles. The van der Waals surface area contributed by atoms with E-state index in [4.69, 9.17) is 9.47 Å². The van der Waals surface area contributed by atoms with Crippen molar-refractivity contribution in [2.24, 2.45) is 0 Å². The average molecular weight is 490 g/mol. The Kier molecular flexibility index (Phi) is 6.28. The van der Waals surface area contributed by atoms with Gasteiger partial charge in [-0.3, -0.25) is 4.90 Å². The molecule has 0 N–H and O–H groups in total. The zero-order chi connectivity index (χ0) is 24.7. The number of carbonyl (C=O) groups excluding carboxylic acids is 1. The van der Waals surface area contributed by atoms with Crippen LogP contribution in [0.1, 0.15) is 45.2 Å². The lowest BCUT2D eigenvalue weighted by atomic mass is 9.96. The van der Waals surface area contributed by atoms with Crippen LogP contribution in [0.4, 0.5) is 23.7 Å². The summed E-state index contributed by atoms with van der Waals surface area (Å²) in [7, 11) is 0. The maximum atomic E-state index is 13.8. The summed E-state index contributed by atoms with van der Waals surface area (Å²) in [6.07, 6.45) is -3.98. The molecule has 2 aromatic rings. The monoisotopic (exact) mass is 489 g/mol. The Morgan fingerprint density at radius 1 is 1.24 bits per heavy atom. The van der Waals surface area contributed by atoms with Crippen molar-refractivity contribution in [2.45, 2.75) is 57.1 Å². The zero-order valence-electron chi connectivity index (χ0n) is 19.5. The minimum absolute atomic E-state index is 0.103. The molecule has 8 heteroatoms. The lowest BCUT2D eigenvalue weighted by molar-refractivity contribution is -0.0830. The summed E-state index contributed by atoms with van der Waals surface area (Å²) in [5.41, 5.74) is 1.75. The number of allylic oxidation sites excluding steroid dienone is 2. The SMILES string of the molecule is CC(C)(C)OC(=O)N1CCc2cc(OCC3(C)CC(c4c#cccc4)=C(C(F)(F)F)S3)ccc21. The average Bonchev–Trinajstić information content (AvgIpc) is 3.33. The molecule has 2 aromatic carbocycles. The summed E-state index contributed by atoms with van der Waals surface area (Å²) < 4.78 is 52.0. The van der Waals surface area contributed by atoms with E-state index >= 15 is 0 Å². The first-order valence-electron chi connectivity index (χ1n) is 11.0. The lowest BCUT2D eigenvalue weighted by Crippen LogP contribution is -2.35. The molecule has 180 valence electrons. The van der Waals surface area contributed by atoms with Crippen LogP contribution in [0.2, 0.25) is 0 Å². The Balaban J connectivity index is 1.46. The van der Waals surface area contributed by atoms with Gasteiger partial charge < -0.3 is 9.47 Å². The number of carbonyl (C=O) groups is 1. The number of thioether (sulfide) groups is 1. The number of nitrogens with zero attached hydrogens (tertiary/aromatic N) is 1. The molecular formula is C26H26F3NO3S. The third-order valence-corrected chi connectivity index (χ3v) is 6.95. The van der Waals surface area contributed by atoms with E-state index in [0.29, 0.717) is 24.3 Å². The lowest BCUT2D eigenvalue weighted by Gasteiger charge is -2.25. The van der Waals surface area contributed by atoms with Gasteiger partial charge in [0.15, 0.2) is 0 Å². The van der Waals surface area contributed by atoms with Crippen LogP contribution in [-0.2, 0) is 11.2 Å². The Morgan fingerprint density at radius 2 is 2.00 bits per heavy atom. The van der Waals surface area contributed by atoms with E-state index in [0.717, 1.165) is 23.0 Å². The van der Waals surface area contributed by atoms with E-state index in [2.05, 4.69) is 12.1 Å². The normalized spacial score (nSPS) is 20.3. The summed E-state index contributed by atoms with van der Waals surface area (Å²) >= 11 is 0.803. The Bertz CT molecular complexity index is 1110. The van der Waals surface area contributed by atoms with Gasteiger partial charge in [-0.15, -0.1) is 11.8 Å². The van der Waals surface area contributed by atoms with Gasteiger partial charge in [-0.2, -0.15) is 13.2 Å². The highest BCUT2D eigenvalue weighted by atomic mass is 32.2. The highest BCUT2D eigenvalue weighted by Gasteiger charge is 2.48. The standard InChI is InChI=1S/C26H26F3NO3S/c1-24(2,3)33-23(31)30-13-12-18-14-19(10-11-21(18)30)32-16-25(4)15-20(17-8-6-5-7-9-17)22(34-25)26(27,28)29/h5-6,8,10-11,14H,12-13,15-16H2,1-4H3. The fourth-order valence-corrected chi connectivity index (χ4v) is 5.31. The van der Waals surface area contributed by atoms with E-state index < -0.39 is 27.5 Å². The number of anilines is 1. The van der Waals surface area contributed by atoms with E-state index in [-0.39, 0.29) is 18.6 Å². The van der Waals surface area contributed by atoms with Gasteiger partial charge in [0.1, 0.15) is 18.0 Å². The fourth-order valence-electron chi connectivity index (χ4n) is 4.07. The van der Waals surface area contributed by atoms with E-state index in [1.807, 2.05) is 26.8 Å². The second kappa shape index (κ2) is 8.77. The number of alkyl halides is 3. The van der Waals surface area contributed by atoms with Crippen LogP contribution >= 0.6 is 11.8 Å². The molecule has 0 fully saturated rings. The number of halogens is 3. The molecule has 0 spiro atoms. The number of fused-ring (bicyclic) bond motifs is 1. The van der Waals surface area contributed by atoms with E-state index in [9.17, 15) is 18.0 Å². The molecule has 34 heavy (non-hydrogen) atoms. The Hall–Kier alpha value is -2.79. The molecular weight excluding hydrogens is 463 g/mol. The molecule has 1 unspecified atom stereocenters. The molecule has 1 atom stereocenters. The van der Waals surface area contributed by atoms with Crippen molar-refractivity contribution in [2.75, 3.05) is 18.1 Å². The van der Waals surface area contributed by atoms with Gasteiger partial charge in [-0.05, 0) is 82.0 Å². The molecule has 0 radical (unpaired) electrons. The molecule has 2 aliphatic heterocycles. The first kappa shape index (κ1) is 24.3. The van der Waals surface area contributed by atoms with Crippen molar-refractivity contribution in [1.29, 1.82) is 0 Å². The van der Waals surface area contributed by atoms with Crippen LogP contribution in [0.5, 0.6) is 5.75 Å². The fraction of sp³-hybridized carbons (Fsp3) is 0.423. The first-order chi connectivity index (χ1) is 15.8. The number of rotatable bonds is 4. The van der Waals surface area contributed by atoms with Crippen molar-refractivity contribution in [3.05, 3.63) is 64.6 Å². The predicted octanol–water partition coefficient (Wildman–Crippen LogP) is 6.83. The maximum absolute atomic E-state index is 13.8. The zero-order valence-corrected chi connectivity index (χ0v) is 20.3. The second-order valence-corrected chi connectivity index (χ2v) is 11.3. The molecule has 0 aliphatic carbocycles. The molecule has 0 aromatic heterocycles. The van der Waals surface area contributed by atoms with Crippen molar-refractivity contribution in [3.8, 4) is 5.75 Å². The van der Waals surface area contributed by atoms with Gasteiger partial charge in [0.05, 0.1) is 15.3 Å². The highest BCUT2D eigenvalue weighted by molar-refractivity contribution is 8.05. The molecule has 4 rings (SSSR count). The molecule has 4 nitrogen and oxygen atoms in total. The number of hydrogen-bond acceptors (Lipinski definition) is 4. The predicted molar refractivity (Wildman–Crippen MR) is 127 cm³/mol. The summed E-state index contributed by atoms with van der Waals surface area (Å²) in [5, 5.41) is 0. The Labute approximate surface area is 202 Å². The van der Waals surface area contributed by atoms with Gasteiger partial charge in [0.25, 0.3) is 0 Å². The molecule has 1 amide bonds. The third-order valence-electron chi connectivity index (χ3n) is 5.51. The quantitative estimate of drug-likeness (QED) is 0.472. The van der Waals surface area contributed by atoms with Crippen LogP contribution in [0.25, 0.3) is 5.57 Å². The van der Waals surface area contributed by atoms with Gasteiger partial charge in [0.2, 0.25) is 0 Å². The minimum Gasteiger partial charge on any atom is -0.492 e. The second-order valence-electron chi connectivity index (χ2n) is 9.70. The first-order valence-corrected chi connectivity index (χ1v) is 11.8. The largest absolute Gasteiger partial charge is 0.492 e. The van der Waals surface area contributed by atoms with Gasteiger partial charge >= 0.3 is 12.3 Å². The van der Waals surface area contributed by atoms with E-state index in [1.54, 1.807) is 42.2 Å². The van der Waals surface area contributed by atoms with Crippen LogP contribution in [-0.4, -0.2) is 35.8 Å². The van der Waals surface area contributed by atoms with E-state index in [1.165, 1.54) is 0 Å². The molecule has 2 aliphatic rings. The van der Waals surface area contributed by atoms with Crippen LogP contribution in [0.3, 0.4) is 0 Å².